The summed E-state index contributed by atoms with van der Waals surface area (Å²) in [6.07, 6.45) is 3.10. The lowest BCUT2D eigenvalue weighted by Crippen LogP contribution is -2.50. The van der Waals surface area contributed by atoms with Crippen molar-refractivity contribution in [2.45, 2.75) is 26.4 Å². The van der Waals surface area contributed by atoms with Crippen LogP contribution in [0.25, 0.3) is 10.9 Å². The van der Waals surface area contributed by atoms with Crippen molar-refractivity contribution in [1.29, 1.82) is 0 Å². The van der Waals surface area contributed by atoms with Crippen LogP contribution in [0.1, 0.15) is 44.9 Å². The van der Waals surface area contributed by atoms with E-state index in [0.29, 0.717) is 55.6 Å². The zero-order chi connectivity index (χ0) is 26.2. The third kappa shape index (κ3) is 4.30. The topological polar surface area (TPSA) is 126 Å². The predicted molar refractivity (Wildman–Crippen MR) is 138 cm³/mol. The van der Waals surface area contributed by atoms with E-state index < -0.39 is 6.04 Å². The first-order valence-electron chi connectivity index (χ1n) is 12.5. The van der Waals surface area contributed by atoms with Crippen LogP contribution in [0.15, 0.2) is 68.6 Å². The maximum Gasteiger partial charge on any atom is 0.289 e. The maximum atomic E-state index is 13.6. The SMILES string of the molecule is Cc1ccc(C)c2[nH]c(=O)c([C@H](c3nnnn3Cc3ccco3)N3CCN(C(=O)c4ccco4)CC3)cc12. The molecule has 6 rings (SSSR count). The average molecular weight is 514 g/mol. The zero-order valence-corrected chi connectivity index (χ0v) is 21.1. The van der Waals surface area contributed by atoms with E-state index in [4.69, 9.17) is 8.83 Å². The van der Waals surface area contributed by atoms with Gasteiger partial charge in [-0.3, -0.25) is 14.5 Å². The summed E-state index contributed by atoms with van der Waals surface area (Å²) in [5, 5.41) is 13.5. The number of carbonyl (C=O) groups excluding carboxylic acids is 1. The Hall–Kier alpha value is -4.51. The number of tetrazole rings is 1. The molecule has 194 valence electrons. The van der Waals surface area contributed by atoms with E-state index in [1.165, 1.54) is 6.26 Å². The van der Waals surface area contributed by atoms with E-state index in [1.807, 2.05) is 38.1 Å². The van der Waals surface area contributed by atoms with Gasteiger partial charge in [-0.05, 0) is 65.7 Å². The van der Waals surface area contributed by atoms with E-state index in [1.54, 1.807) is 28.0 Å². The molecule has 1 saturated heterocycles. The first-order valence-corrected chi connectivity index (χ1v) is 12.5. The number of rotatable bonds is 6. The summed E-state index contributed by atoms with van der Waals surface area (Å²) in [4.78, 5) is 33.4. The molecule has 5 heterocycles. The molecular formula is C27H27N7O4. The number of carbonyl (C=O) groups is 1. The summed E-state index contributed by atoms with van der Waals surface area (Å²) in [7, 11) is 0. The van der Waals surface area contributed by atoms with Gasteiger partial charge in [0.25, 0.3) is 11.5 Å². The molecule has 0 saturated carbocycles. The van der Waals surface area contributed by atoms with Crippen molar-refractivity contribution in [3.8, 4) is 0 Å². The van der Waals surface area contributed by atoms with Gasteiger partial charge in [-0.2, -0.15) is 0 Å². The summed E-state index contributed by atoms with van der Waals surface area (Å²) < 4.78 is 12.5. The maximum absolute atomic E-state index is 13.6. The third-order valence-electron chi connectivity index (χ3n) is 7.16. The van der Waals surface area contributed by atoms with E-state index in [-0.39, 0.29) is 11.5 Å². The molecule has 0 aliphatic carbocycles. The number of aryl methyl sites for hydroxylation is 2. The fraction of sp³-hybridized carbons (Fsp3) is 0.296. The second-order valence-electron chi connectivity index (χ2n) is 9.52. The first-order chi connectivity index (χ1) is 18.5. The highest BCUT2D eigenvalue weighted by atomic mass is 16.3. The summed E-state index contributed by atoms with van der Waals surface area (Å²) in [5.74, 6) is 1.39. The van der Waals surface area contributed by atoms with Gasteiger partial charge in [0.15, 0.2) is 11.6 Å². The van der Waals surface area contributed by atoms with Gasteiger partial charge in [0, 0.05) is 37.1 Å². The molecule has 0 spiro atoms. The third-order valence-corrected chi connectivity index (χ3v) is 7.16. The van der Waals surface area contributed by atoms with Crippen molar-refractivity contribution in [2.75, 3.05) is 26.2 Å². The van der Waals surface area contributed by atoms with E-state index in [0.717, 1.165) is 22.0 Å². The molecule has 5 aromatic rings. The van der Waals surface area contributed by atoms with Crippen molar-refractivity contribution in [3.63, 3.8) is 0 Å². The van der Waals surface area contributed by atoms with Crippen LogP contribution in [0.3, 0.4) is 0 Å². The Balaban J connectivity index is 1.40. The summed E-state index contributed by atoms with van der Waals surface area (Å²) in [6, 6.07) is 12.5. The van der Waals surface area contributed by atoms with Crippen molar-refractivity contribution >= 4 is 16.8 Å². The number of hydrogen-bond acceptors (Lipinski definition) is 8. The number of aromatic amines is 1. The number of H-pyrrole nitrogens is 1. The minimum Gasteiger partial charge on any atom is -0.467 e. The number of aromatic nitrogens is 5. The highest BCUT2D eigenvalue weighted by Gasteiger charge is 2.34. The molecule has 4 aromatic heterocycles. The van der Waals surface area contributed by atoms with E-state index >= 15 is 0 Å². The van der Waals surface area contributed by atoms with Crippen LogP contribution in [-0.4, -0.2) is 67.1 Å². The molecule has 1 aliphatic heterocycles. The fourth-order valence-electron chi connectivity index (χ4n) is 5.10. The van der Waals surface area contributed by atoms with Gasteiger partial charge in [-0.1, -0.05) is 12.1 Å². The number of pyridine rings is 1. The lowest BCUT2D eigenvalue weighted by molar-refractivity contribution is 0.0558. The molecule has 1 amide bonds. The quantitative estimate of drug-likeness (QED) is 0.367. The Morgan fingerprint density at radius 1 is 1.03 bits per heavy atom. The Labute approximate surface area is 217 Å². The summed E-state index contributed by atoms with van der Waals surface area (Å²) in [6.45, 7) is 6.32. The number of amides is 1. The molecular weight excluding hydrogens is 486 g/mol. The van der Waals surface area contributed by atoms with Crippen LogP contribution in [-0.2, 0) is 6.54 Å². The minimum absolute atomic E-state index is 0.150. The lowest BCUT2D eigenvalue weighted by Gasteiger charge is -2.38. The molecule has 1 aliphatic rings. The monoisotopic (exact) mass is 513 g/mol. The molecule has 1 N–H and O–H groups in total. The normalized spacial score (nSPS) is 15.3. The largest absolute Gasteiger partial charge is 0.467 e. The van der Waals surface area contributed by atoms with Crippen LogP contribution >= 0.6 is 0 Å². The number of nitrogens with zero attached hydrogens (tertiary/aromatic N) is 6. The number of nitrogens with one attached hydrogen (secondary N) is 1. The molecule has 1 aromatic carbocycles. The molecule has 0 bridgehead atoms. The highest BCUT2D eigenvalue weighted by molar-refractivity contribution is 5.91. The van der Waals surface area contributed by atoms with Crippen molar-refractivity contribution in [1.82, 2.24) is 35.0 Å². The van der Waals surface area contributed by atoms with Gasteiger partial charge in [0.1, 0.15) is 18.3 Å². The van der Waals surface area contributed by atoms with Crippen molar-refractivity contribution in [2.24, 2.45) is 0 Å². The predicted octanol–water partition coefficient (Wildman–Crippen LogP) is 2.91. The molecule has 11 nitrogen and oxygen atoms in total. The molecule has 0 radical (unpaired) electrons. The van der Waals surface area contributed by atoms with Gasteiger partial charge in [0.05, 0.1) is 18.0 Å². The summed E-state index contributed by atoms with van der Waals surface area (Å²) in [5.41, 5.74) is 3.23. The molecule has 1 fully saturated rings. The Morgan fingerprint density at radius 3 is 2.53 bits per heavy atom. The second kappa shape index (κ2) is 9.75. The zero-order valence-electron chi connectivity index (χ0n) is 21.1. The van der Waals surface area contributed by atoms with Crippen LogP contribution in [0.2, 0.25) is 0 Å². The van der Waals surface area contributed by atoms with E-state index in [2.05, 4.69) is 31.5 Å². The van der Waals surface area contributed by atoms with Crippen LogP contribution < -0.4 is 5.56 Å². The van der Waals surface area contributed by atoms with Crippen molar-refractivity contribution in [3.05, 3.63) is 99.4 Å². The van der Waals surface area contributed by atoms with Gasteiger partial charge in [-0.25, -0.2) is 4.68 Å². The van der Waals surface area contributed by atoms with Gasteiger partial charge >= 0.3 is 0 Å². The number of fused-ring (bicyclic) bond motifs is 1. The number of hydrogen-bond donors (Lipinski definition) is 1. The van der Waals surface area contributed by atoms with Gasteiger partial charge in [-0.15, -0.1) is 5.10 Å². The number of piperazine rings is 1. The highest BCUT2D eigenvalue weighted by Crippen LogP contribution is 2.30. The molecule has 38 heavy (non-hydrogen) atoms. The fourth-order valence-corrected chi connectivity index (χ4v) is 5.10. The minimum atomic E-state index is -0.533. The van der Waals surface area contributed by atoms with Crippen LogP contribution in [0.4, 0.5) is 0 Å². The number of furan rings is 2. The lowest BCUT2D eigenvalue weighted by atomic mass is 9.99. The Morgan fingerprint density at radius 2 is 1.79 bits per heavy atom. The average Bonchev–Trinajstić information content (AvgIpc) is 3.72. The molecule has 0 unspecified atom stereocenters. The van der Waals surface area contributed by atoms with Crippen LogP contribution in [0, 0.1) is 13.8 Å². The van der Waals surface area contributed by atoms with Gasteiger partial charge in [0.2, 0.25) is 0 Å². The van der Waals surface area contributed by atoms with Gasteiger partial charge < -0.3 is 18.7 Å². The van der Waals surface area contributed by atoms with Crippen LogP contribution in [0.5, 0.6) is 0 Å². The van der Waals surface area contributed by atoms with E-state index in [9.17, 15) is 9.59 Å². The molecule has 1 atom stereocenters. The second-order valence-corrected chi connectivity index (χ2v) is 9.52. The Kier molecular flexibility index (Phi) is 6.12. The summed E-state index contributed by atoms with van der Waals surface area (Å²) >= 11 is 0. The van der Waals surface area contributed by atoms with Crippen molar-refractivity contribution < 1.29 is 13.6 Å². The first kappa shape index (κ1) is 23.9. The smallest absolute Gasteiger partial charge is 0.289 e. The number of benzene rings is 1. The molecule has 11 heteroatoms. The Bertz CT molecular complexity index is 1630. The standard InChI is InChI=1S/C27H27N7O4/c1-17-7-8-18(2)23-20(17)15-21(26(35)28-23)24(25-29-30-31-34(25)16-19-5-3-13-37-19)32-9-11-33(12-10-32)27(36)22-6-4-14-38-22/h3-8,13-15,24H,9-12,16H2,1-2H3,(H,28,35)/t24-/m1/s1.